The summed E-state index contributed by atoms with van der Waals surface area (Å²) in [7, 11) is 0. The zero-order valence-electron chi connectivity index (χ0n) is 4.82. The molecular formula is C6H8ClN. The number of aliphatic imine (C=N–C) groups is 1. The van der Waals surface area contributed by atoms with E-state index in [1.807, 2.05) is 0 Å². The SMILES string of the molecule is C=N/C(C)=C\C(=C)Cl. The standard InChI is InChI=1S/C6H8ClN/c1-5(7)4-6(2)8-3/h4H,1,3H2,2H3/b6-4-. The van der Waals surface area contributed by atoms with Crippen molar-refractivity contribution in [2.45, 2.75) is 6.92 Å². The van der Waals surface area contributed by atoms with Crippen molar-refractivity contribution in [3.8, 4) is 0 Å². The fourth-order valence-electron chi connectivity index (χ4n) is 0.272. The number of hydrogen-bond donors (Lipinski definition) is 0. The average Bonchev–Trinajstić information content (AvgIpc) is 1.65. The monoisotopic (exact) mass is 129 g/mol. The van der Waals surface area contributed by atoms with E-state index in [0.717, 1.165) is 5.70 Å². The van der Waals surface area contributed by atoms with Crippen molar-refractivity contribution in [2.24, 2.45) is 4.99 Å². The number of nitrogens with zero attached hydrogens (tertiary/aromatic N) is 1. The van der Waals surface area contributed by atoms with Gasteiger partial charge in [-0.1, -0.05) is 18.2 Å². The van der Waals surface area contributed by atoms with Crippen LogP contribution in [0.1, 0.15) is 6.92 Å². The van der Waals surface area contributed by atoms with Gasteiger partial charge < -0.3 is 0 Å². The zero-order chi connectivity index (χ0) is 6.57. The molecule has 0 aromatic rings. The molecule has 0 radical (unpaired) electrons. The molecule has 0 aromatic carbocycles. The van der Waals surface area contributed by atoms with Crippen molar-refractivity contribution in [2.75, 3.05) is 0 Å². The van der Waals surface area contributed by atoms with Gasteiger partial charge in [-0.15, -0.1) is 0 Å². The van der Waals surface area contributed by atoms with Crippen LogP contribution in [-0.4, -0.2) is 6.72 Å². The largest absolute Gasteiger partial charge is 0.269 e. The van der Waals surface area contributed by atoms with Gasteiger partial charge in [0.2, 0.25) is 0 Å². The lowest BCUT2D eigenvalue weighted by Gasteiger charge is -1.85. The van der Waals surface area contributed by atoms with Crippen LogP contribution in [0.15, 0.2) is 28.4 Å². The highest BCUT2D eigenvalue weighted by atomic mass is 35.5. The van der Waals surface area contributed by atoms with Crippen molar-refractivity contribution in [3.63, 3.8) is 0 Å². The quantitative estimate of drug-likeness (QED) is 0.401. The second kappa shape index (κ2) is 3.44. The van der Waals surface area contributed by atoms with Crippen LogP contribution in [0.25, 0.3) is 0 Å². The van der Waals surface area contributed by atoms with Crippen molar-refractivity contribution >= 4 is 18.3 Å². The number of rotatable bonds is 2. The normalized spacial score (nSPS) is 11.0. The molecule has 44 valence electrons. The van der Waals surface area contributed by atoms with Gasteiger partial charge in [0.1, 0.15) is 0 Å². The van der Waals surface area contributed by atoms with Crippen LogP contribution >= 0.6 is 11.6 Å². The Bertz CT molecular complexity index is 135. The Morgan fingerprint density at radius 1 is 1.75 bits per heavy atom. The van der Waals surface area contributed by atoms with Gasteiger partial charge in [-0.2, -0.15) is 0 Å². The lowest BCUT2D eigenvalue weighted by atomic mass is 10.4. The zero-order valence-corrected chi connectivity index (χ0v) is 5.57. The van der Waals surface area contributed by atoms with E-state index in [4.69, 9.17) is 11.6 Å². The van der Waals surface area contributed by atoms with Crippen LogP contribution in [0.2, 0.25) is 0 Å². The molecule has 0 aliphatic carbocycles. The number of allylic oxidation sites excluding steroid dienone is 3. The summed E-state index contributed by atoms with van der Waals surface area (Å²) in [4.78, 5) is 3.59. The van der Waals surface area contributed by atoms with Crippen LogP contribution < -0.4 is 0 Å². The summed E-state index contributed by atoms with van der Waals surface area (Å²) in [5.41, 5.74) is 0.782. The molecule has 0 bridgehead atoms. The summed E-state index contributed by atoms with van der Waals surface area (Å²) in [6.07, 6.45) is 1.65. The van der Waals surface area contributed by atoms with Crippen LogP contribution in [0.5, 0.6) is 0 Å². The van der Waals surface area contributed by atoms with E-state index in [2.05, 4.69) is 18.3 Å². The Balaban J connectivity index is 3.94. The summed E-state index contributed by atoms with van der Waals surface area (Å²) < 4.78 is 0. The van der Waals surface area contributed by atoms with Crippen molar-refractivity contribution < 1.29 is 0 Å². The third-order valence-corrected chi connectivity index (χ3v) is 0.724. The van der Waals surface area contributed by atoms with E-state index in [0.29, 0.717) is 5.03 Å². The summed E-state index contributed by atoms with van der Waals surface area (Å²) in [5, 5.41) is 0.481. The Kier molecular flexibility index (Phi) is 3.20. The predicted molar refractivity (Wildman–Crippen MR) is 38.3 cm³/mol. The molecule has 0 rings (SSSR count). The third kappa shape index (κ3) is 3.62. The molecular weight excluding hydrogens is 122 g/mol. The summed E-state index contributed by atoms with van der Waals surface area (Å²) >= 11 is 5.39. The second-order valence-electron chi connectivity index (χ2n) is 1.39. The lowest BCUT2D eigenvalue weighted by molar-refractivity contribution is 1.32. The van der Waals surface area contributed by atoms with Gasteiger partial charge in [-0.3, -0.25) is 4.99 Å². The first-order valence-corrected chi connectivity index (χ1v) is 2.54. The van der Waals surface area contributed by atoms with Gasteiger partial charge in [-0.05, 0) is 19.7 Å². The molecule has 0 spiro atoms. The van der Waals surface area contributed by atoms with Gasteiger partial charge in [0.05, 0.1) is 0 Å². The Morgan fingerprint density at radius 2 is 2.25 bits per heavy atom. The van der Waals surface area contributed by atoms with E-state index < -0.39 is 0 Å². The molecule has 0 amide bonds. The van der Waals surface area contributed by atoms with Gasteiger partial charge in [-0.25, -0.2) is 0 Å². The van der Waals surface area contributed by atoms with Crippen LogP contribution in [0.3, 0.4) is 0 Å². The molecule has 0 atom stereocenters. The number of halogens is 1. The van der Waals surface area contributed by atoms with Gasteiger partial charge in [0.15, 0.2) is 0 Å². The third-order valence-electron chi connectivity index (χ3n) is 0.615. The minimum Gasteiger partial charge on any atom is -0.269 e. The highest BCUT2D eigenvalue weighted by Gasteiger charge is 1.80. The molecule has 8 heavy (non-hydrogen) atoms. The predicted octanol–water partition coefficient (Wildman–Crippen LogP) is 2.34. The average molecular weight is 130 g/mol. The Labute approximate surface area is 54.4 Å². The smallest absolute Gasteiger partial charge is 0.0379 e. The highest BCUT2D eigenvalue weighted by Crippen LogP contribution is 2.03. The first-order chi connectivity index (χ1) is 3.66. The van der Waals surface area contributed by atoms with Crippen LogP contribution in [0, 0.1) is 0 Å². The van der Waals surface area contributed by atoms with Crippen LogP contribution in [-0.2, 0) is 0 Å². The maximum absolute atomic E-state index is 5.39. The Morgan fingerprint density at radius 3 is 2.38 bits per heavy atom. The van der Waals surface area contributed by atoms with Crippen LogP contribution in [0.4, 0.5) is 0 Å². The topological polar surface area (TPSA) is 12.4 Å². The maximum atomic E-state index is 5.39. The minimum atomic E-state index is 0.481. The second-order valence-corrected chi connectivity index (χ2v) is 1.88. The minimum absolute atomic E-state index is 0.481. The van der Waals surface area contributed by atoms with Gasteiger partial charge in [0.25, 0.3) is 0 Å². The van der Waals surface area contributed by atoms with Crippen molar-refractivity contribution in [1.29, 1.82) is 0 Å². The molecule has 0 aromatic heterocycles. The molecule has 0 aliphatic rings. The maximum Gasteiger partial charge on any atom is 0.0379 e. The summed E-state index contributed by atoms with van der Waals surface area (Å²) in [6, 6.07) is 0. The summed E-state index contributed by atoms with van der Waals surface area (Å²) in [5.74, 6) is 0. The fourth-order valence-corrected chi connectivity index (χ4v) is 0.430. The van der Waals surface area contributed by atoms with E-state index in [1.54, 1.807) is 13.0 Å². The van der Waals surface area contributed by atoms with Crippen molar-refractivity contribution in [3.05, 3.63) is 23.4 Å². The lowest BCUT2D eigenvalue weighted by Crippen LogP contribution is -1.65. The van der Waals surface area contributed by atoms with E-state index >= 15 is 0 Å². The Hall–Kier alpha value is -0.560. The molecule has 2 heteroatoms. The molecule has 0 saturated carbocycles. The molecule has 0 fully saturated rings. The molecule has 1 nitrogen and oxygen atoms in total. The fraction of sp³-hybridized carbons (Fsp3) is 0.167. The van der Waals surface area contributed by atoms with E-state index in [1.165, 1.54) is 0 Å². The first-order valence-electron chi connectivity index (χ1n) is 2.16. The summed E-state index contributed by atoms with van der Waals surface area (Å²) in [6.45, 7) is 8.55. The number of hydrogen-bond acceptors (Lipinski definition) is 1. The molecule has 0 unspecified atom stereocenters. The van der Waals surface area contributed by atoms with Gasteiger partial charge >= 0.3 is 0 Å². The van der Waals surface area contributed by atoms with Gasteiger partial charge in [0, 0.05) is 10.7 Å². The van der Waals surface area contributed by atoms with E-state index in [9.17, 15) is 0 Å². The van der Waals surface area contributed by atoms with Crippen molar-refractivity contribution in [1.82, 2.24) is 0 Å². The highest BCUT2D eigenvalue weighted by molar-refractivity contribution is 6.30. The van der Waals surface area contributed by atoms with E-state index in [-0.39, 0.29) is 0 Å². The molecule has 0 heterocycles. The molecule has 0 saturated heterocycles. The first kappa shape index (κ1) is 7.44. The molecule has 0 aliphatic heterocycles. The molecule has 0 N–H and O–H groups in total.